The van der Waals surface area contributed by atoms with Gasteiger partial charge in [-0.15, -0.1) is 0 Å². The van der Waals surface area contributed by atoms with Crippen molar-refractivity contribution >= 4 is 17.6 Å². The number of hydrogen-bond acceptors (Lipinski definition) is 4. The van der Waals surface area contributed by atoms with E-state index in [1.54, 1.807) is 19.2 Å². The maximum Gasteiger partial charge on any atom is 0.319 e. The number of fused-ring (bicyclic) bond motifs is 1. The molecule has 0 bridgehead atoms. The van der Waals surface area contributed by atoms with E-state index >= 15 is 0 Å². The second-order valence-electron chi connectivity index (χ2n) is 8.00. The van der Waals surface area contributed by atoms with Crippen LogP contribution < -0.4 is 15.4 Å². The summed E-state index contributed by atoms with van der Waals surface area (Å²) in [4.78, 5) is 26.5. The lowest BCUT2D eigenvalue weighted by Gasteiger charge is -2.19. The number of carbonyl (C=O) groups excluding carboxylic acids is 2. The first-order valence-corrected chi connectivity index (χ1v) is 10.2. The molecule has 2 aromatic rings. The molecule has 7 nitrogen and oxygen atoms in total. The monoisotopic (exact) mass is 409 g/mol. The lowest BCUT2D eigenvalue weighted by atomic mass is 10.1. The molecule has 2 aromatic carbocycles. The van der Waals surface area contributed by atoms with Crippen LogP contribution in [0.5, 0.6) is 5.75 Å². The quantitative estimate of drug-likeness (QED) is 0.654. The molecule has 3 atom stereocenters. The van der Waals surface area contributed by atoms with Crippen LogP contribution in [0.1, 0.15) is 11.1 Å². The summed E-state index contributed by atoms with van der Waals surface area (Å²) in [7, 11) is 1.61. The largest absolute Gasteiger partial charge is 0.497 e. The summed E-state index contributed by atoms with van der Waals surface area (Å²) >= 11 is 0. The number of methoxy groups -OCH3 is 1. The Hall–Kier alpha value is -3.06. The second-order valence-corrected chi connectivity index (χ2v) is 8.00. The number of nitrogens with one attached hydrogen (secondary N) is 2. The number of piperidine rings is 1. The van der Waals surface area contributed by atoms with Gasteiger partial charge < -0.3 is 25.4 Å². The smallest absolute Gasteiger partial charge is 0.319 e. The van der Waals surface area contributed by atoms with Gasteiger partial charge in [0.05, 0.1) is 13.5 Å². The highest BCUT2D eigenvalue weighted by Gasteiger charge is 2.55. The molecular weight excluding hydrogens is 382 g/mol. The Balaban J connectivity index is 1.21. The van der Waals surface area contributed by atoms with Crippen LogP contribution in [0, 0.1) is 17.8 Å². The number of benzene rings is 2. The number of carbonyl (C=O) groups is 2. The fourth-order valence-electron chi connectivity index (χ4n) is 4.22. The molecule has 158 valence electrons. The molecule has 1 heterocycles. The van der Waals surface area contributed by atoms with E-state index in [1.165, 1.54) is 0 Å². The van der Waals surface area contributed by atoms with Crippen LogP contribution in [-0.2, 0) is 17.8 Å². The first-order valence-electron chi connectivity index (χ1n) is 10.2. The van der Waals surface area contributed by atoms with Crippen LogP contribution in [-0.4, -0.2) is 48.8 Å². The van der Waals surface area contributed by atoms with Crippen molar-refractivity contribution in [2.75, 3.05) is 32.1 Å². The fraction of sp³-hybridized carbons (Fsp3) is 0.391. The number of rotatable bonds is 7. The molecule has 3 N–H and O–H groups in total. The Labute approximate surface area is 176 Å². The molecule has 0 unspecified atom stereocenters. The molecule has 4 rings (SSSR count). The molecule has 1 saturated heterocycles. The molecule has 2 aliphatic rings. The normalized spacial score (nSPS) is 21.7. The number of anilines is 1. The van der Waals surface area contributed by atoms with Gasteiger partial charge in [0.25, 0.3) is 0 Å². The molecule has 7 heteroatoms. The minimum atomic E-state index is -0.288. The number of nitrogens with zero attached hydrogens (tertiary/aromatic N) is 1. The van der Waals surface area contributed by atoms with Crippen molar-refractivity contribution in [3.8, 4) is 5.75 Å². The molecule has 0 spiro atoms. The van der Waals surface area contributed by atoms with Crippen molar-refractivity contribution in [3.63, 3.8) is 0 Å². The van der Waals surface area contributed by atoms with Crippen LogP contribution in [0.4, 0.5) is 10.5 Å². The number of aliphatic hydroxyl groups excluding tert-OH is 1. The SMILES string of the molecule is COc1ccc(CNC(=O)Nc2ccc(CC(=O)N3C[C@@H]4[C@H](CO)[C@@H]4C3)cc2)cc1. The van der Waals surface area contributed by atoms with Gasteiger partial charge in [0.1, 0.15) is 5.75 Å². The molecule has 3 amide bonds. The molecule has 30 heavy (non-hydrogen) atoms. The van der Waals surface area contributed by atoms with Crippen LogP contribution in [0.2, 0.25) is 0 Å². The van der Waals surface area contributed by atoms with Gasteiger partial charge in [-0.3, -0.25) is 4.79 Å². The Morgan fingerprint density at radius 3 is 2.27 bits per heavy atom. The average molecular weight is 409 g/mol. The molecule has 1 aliphatic heterocycles. The Morgan fingerprint density at radius 2 is 1.67 bits per heavy atom. The first kappa shape index (κ1) is 20.2. The highest BCUT2D eigenvalue weighted by Crippen LogP contribution is 2.51. The lowest BCUT2D eigenvalue weighted by Crippen LogP contribution is -2.33. The number of hydrogen-bond donors (Lipinski definition) is 3. The van der Waals surface area contributed by atoms with E-state index < -0.39 is 0 Å². The number of amides is 3. The van der Waals surface area contributed by atoms with Gasteiger partial charge in [-0.2, -0.15) is 0 Å². The van der Waals surface area contributed by atoms with Crippen LogP contribution in [0.3, 0.4) is 0 Å². The highest BCUT2D eigenvalue weighted by molar-refractivity contribution is 5.89. The summed E-state index contributed by atoms with van der Waals surface area (Å²) in [5.41, 5.74) is 2.57. The Kier molecular flexibility index (Phi) is 5.90. The van der Waals surface area contributed by atoms with Gasteiger partial charge in [0.15, 0.2) is 0 Å². The zero-order chi connectivity index (χ0) is 21.1. The summed E-state index contributed by atoms with van der Waals surface area (Å²) in [6.45, 7) is 2.18. The molecule has 0 radical (unpaired) electrons. The number of aliphatic hydroxyl groups is 1. The summed E-state index contributed by atoms with van der Waals surface area (Å²) in [5.74, 6) is 2.27. The van der Waals surface area contributed by atoms with Crippen LogP contribution in [0.15, 0.2) is 48.5 Å². The third-order valence-electron chi connectivity index (χ3n) is 6.11. The maximum atomic E-state index is 12.5. The summed E-state index contributed by atoms with van der Waals surface area (Å²) in [6.07, 6.45) is 0.354. The predicted molar refractivity (Wildman–Crippen MR) is 113 cm³/mol. The van der Waals surface area contributed by atoms with E-state index in [0.29, 0.717) is 36.4 Å². The predicted octanol–water partition coefficient (Wildman–Crippen LogP) is 2.26. The van der Waals surface area contributed by atoms with Gasteiger partial charge >= 0.3 is 6.03 Å². The van der Waals surface area contributed by atoms with Crippen molar-refractivity contribution < 1.29 is 19.4 Å². The van der Waals surface area contributed by atoms with Gasteiger partial charge in [-0.05, 0) is 53.1 Å². The van der Waals surface area contributed by atoms with Crippen molar-refractivity contribution in [1.29, 1.82) is 0 Å². The molecule has 1 saturated carbocycles. The van der Waals surface area contributed by atoms with Crippen molar-refractivity contribution in [2.24, 2.45) is 17.8 Å². The molecule has 0 aromatic heterocycles. The maximum absolute atomic E-state index is 12.5. The fourth-order valence-corrected chi connectivity index (χ4v) is 4.22. The van der Waals surface area contributed by atoms with E-state index in [9.17, 15) is 14.7 Å². The van der Waals surface area contributed by atoms with Crippen molar-refractivity contribution in [2.45, 2.75) is 13.0 Å². The number of ether oxygens (including phenoxy) is 1. The minimum absolute atomic E-state index is 0.122. The molecule has 2 fully saturated rings. The zero-order valence-corrected chi connectivity index (χ0v) is 17.0. The average Bonchev–Trinajstić information content (AvgIpc) is 3.24. The topological polar surface area (TPSA) is 90.9 Å². The third kappa shape index (κ3) is 4.57. The van der Waals surface area contributed by atoms with Gasteiger partial charge in [-0.1, -0.05) is 24.3 Å². The van der Waals surface area contributed by atoms with Crippen LogP contribution >= 0.6 is 0 Å². The van der Waals surface area contributed by atoms with E-state index in [1.807, 2.05) is 41.3 Å². The summed E-state index contributed by atoms with van der Waals surface area (Å²) < 4.78 is 5.12. The minimum Gasteiger partial charge on any atom is -0.497 e. The van der Waals surface area contributed by atoms with E-state index in [2.05, 4.69) is 10.6 Å². The van der Waals surface area contributed by atoms with Gasteiger partial charge in [-0.25, -0.2) is 4.79 Å². The molecule has 1 aliphatic carbocycles. The standard InChI is InChI=1S/C23H27N3O4/c1-30-18-8-4-16(5-9-18)11-24-23(29)25-17-6-2-15(3-7-17)10-22(28)26-12-19-20(13-26)21(19)14-27/h2-9,19-21,27H,10-14H2,1H3,(H2,24,25,29)/t19-,20+,21-. The van der Waals surface area contributed by atoms with Crippen molar-refractivity contribution in [3.05, 3.63) is 59.7 Å². The lowest BCUT2D eigenvalue weighted by molar-refractivity contribution is -0.130. The van der Waals surface area contributed by atoms with Crippen LogP contribution in [0.25, 0.3) is 0 Å². The van der Waals surface area contributed by atoms with Gasteiger partial charge in [0, 0.05) is 31.9 Å². The Bertz CT molecular complexity index is 886. The second kappa shape index (κ2) is 8.75. The zero-order valence-electron chi connectivity index (χ0n) is 17.0. The Morgan fingerprint density at radius 1 is 1.03 bits per heavy atom. The van der Waals surface area contributed by atoms with Crippen molar-refractivity contribution in [1.82, 2.24) is 10.2 Å². The number of likely N-dealkylation sites (tertiary alicyclic amines) is 1. The van der Waals surface area contributed by atoms with Gasteiger partial charge in [0.2, 0.25) is 5.91 Å². The van der Waals surface area contributed by atoms with E-state index in [0.717, 1.165) is 30.0 Å². The highest BCUT2D eigenvalue weighted by atomic mass is 16.5. The third-order valence-corrected chi connectivity index (χ3v) is 6.11. The van der Waals surface area contributed by atoms with E-state index in [4.69, 9.17) is 4.74 Å². The number of urea groups is 1. The summed E-state index contributed by atoms with van der Waals surface area (Å²) in [5, 5.41) is 14.8. The first-order chi connectivity index (χ1) is 14.6. The van der Waals surface area contributed by atoms with E-state index in [-0.39, 0.29) is 18.5 Å². The summed E-state index contributed by atoms with van der Waals surface area (Å²) in [6, 6.07) is 14.6. The molecular formula is C23H27N3O4.